The third kappa shape index (κ3) is 8.27. The SMILES string of the molecule is CC1C=CC=CC1c1ccc(N(c2ccc3c(c2)Sc2cc(N(c4ccccc4)c4cc(-c5ccccc5)c5c(c4)sc4ccccc45)ccc2C32c3ccccc3-c3c(Cl)cccc32)c2cc(-c3ccc4ccccc4c3)c3oc4ccccc4c3c2)cc1. The highest BCUT2D eigenvalue weighted by molar-refractivity contribution is 7.99. The van der Waals surface area contributed by atoms with Crippen LogP contribution in [0.4, 0.5) is 34.1 Å². The number of halogens is 1. The van der Waals surface area contributed by atoms with Crippen LogP contribution in [0.1, 0.15) is 40.7 Å². The maximum atomic E-state index is 7.48. The number of fused-ring (bicyclic) bond motifs is 16. The Balaban J connectivity index is 0.870. The van der Waals surface area contributed by atoms with Crippen LogP contribution in [0.5, 0.6) is 0 Å². The molecule has 426 valence electrons. The molecule has 1 spiro atoms. The smallest absolute Gasteiger partial charge is 0.143 e. The molecule has 3 aliphatic rings. The Bertz CT molecular complexity index is 5470. The van der Waals surface area contributed by atoms with Crippen molar-refractivity contribution in [2.24, 2.45) is 5.92 Å². The van der Waals surface area contributed by atoms with Gasteiger partial charge in [-0.3, -0.25) is 0 Å². The van der Waals surface area contributed by atoms with E-state index in [1.54, 1.807) is 0 Å². The Labute approximate surface area is 535 Å². The number of anilines is 6. The Morgan fingerprint density at radius 3 is 1.83 bits per heavy atom. The fourth-order valence-electron chi connectivity index (χ4n) is 15.0. The van der Waals surface area contributed by atoms with Crippen LogP contribution < -0.4 is 9.80 Å². The second-order valence-electron chi connectivity index (χ2n) is 24.0. The summed E-state index contributed by atoms with van der Waals surface area (Å²) in [6.45, 7) is 2.31. The number of hydrogen-bond donors (Lipinski definition) is 0. The van der Waals surface area contributed by atoms with Gasteiger partial charge in [-0.1, -0.05) is 237 Å². The van der Waals surface area contributed by atoms with Crippen molar-refractivity contribution in [3.05, 3.63) is 336 Å². The van der Waals surface area contributed by atoms with E-state index in [1.807, 2.05) is 29.2 Å². The molecule has 13 aromatic carbocycles. The van der Waals surface area contributed by atoms with Crippen molar-refractivity contribution >= 4 is 122 Å². The van der Waals surface area contributed by atoms with Crippen LogP contribution in [0, 0.1) is 5.92 Å². The van der Waals surface area contributed by atoms with Gasteiger partial charge in [-0.05, 0) is 164 Å². The van der Waals surface area contributed by atoms with E-state index in [-0.39, 0.29) is 5.92 Å². The van der Waals surface area contributed by atoms with E-state index in [4.69, 9.17) is 16.0 Å². The Hall–Kier alpha value is -10.1. The van der Waals surface area contributed by atoms with Crippen LogP contribution in [-0.2, 0) is 5.41 Å². The molecular formula is C84H55ClN2OS2. The summed E-state index contributed by atoms with van der Waals surface area (Å²) in [5, 5.41) is 7.84. The molecule has 18 rings (SSSR count). The number of para-hydroxylation sites is 2. The molecule has 0 fully saturated rings. The third-order valence-corrected chi connectivity index (χ3v) is 21.6. The number of rotatable bonds is 9. The van der Waals surface area contributed by atoms with Gasteiger partial charge in [-0.25, -0.2) is 0 Å². The van der Waals surface area contributed by atoms with E-state index in [0.717, 1.165) is 83.3 Å². The van der Waals surface area contributed by atoms with Crippen molar-refractivity contribution in [2.45, 2.75) is 28.0 Å². The minimum atomic E-state index is -0.707. The van der Waals surface area contributed by atoms with Crippen LogP contribution in [0.25, 0.3) is 86.3 Å². The van der Waals surface area contributed by atoms with Gasteiger partial charge in [0.15, 0.2) is 0 Å². The van der Waals surface area contributed by atoms with Gasteiger partial charge in [0.1, 0.15) is 11.2 Å². The molecule has 2 aromatic heterocycles. The number of nitrogens with zero attached hydrogens (tertiary/aromatic N) is 2. The van der Waals surface area contributed by atoms with Crippen molar-refractivity contribution < 1.29 is 4.42 Å². The number of furan rings is 1. The van der Waals surface area contributed by atoms with Crippen LogP contribution in [0.3, 0.4) is 0 Å². The quantitative estimate of drug-likeness (QED) is 0.143. The summed E-state index contributed by atoms with van der Waals surface area (Å²) >= 11 is 11.2. The zero-order valence-electron chi connectivity index (χ0n) is 49.0. The minimum absolute atomic E-state index is 0.278. The second-order valence-corrected chi connectivity index (χ2v) is 26.6. The Morgan fingerprint density at radius 1 is 0.411 bits per heavy atom. The first kappa shape index (κ1) is 52.9. The van der Waals surface area contributed by atoms with Crippen molar-refractivity contribution in [3.8, 4) is 33.4 Å². The van der Waals surface area contributed by atoms with Crippen LogP contribution >= 0.6 is 34.7 Å². The summed E-state index contributed by atoms with van der Waals surface area (Å²) < 4.78 is 9.44. The number of allylic oxidation sites excluding steroid dienone is 4. The molecule has 0 radical (unpaired) electrons. The molecule has 1 aliphatic heterocycles. The molecule has 0 saturated heterocycles. The highest BCUT2D eigenvalue weighted by Gasteiger charge is 2.51. The molecule has 2 aliphatic carbocycles. The Kier molecular flexibility index (Phi) is 12.4. The number of hydrogen-bond acceptors (Lipinski definition) is 5. The van der Waals surface area contributed by atoms with Crippen molar-refractivity contribution in [3.63, 3.8) is 0 Å². The predicted octanol–water partition coefficient (Wildman–Crippen LogP) is 24.7. The molecule has 0 amide bonds. The summed E-state index contributed by atoms with van der Waals surface area (Å²) in [5.41, 5.74) is 20.3. The topological polar surface area (TPSA) is 19.6 Å². The fourth-order valence-corrected chi connectivity index (χ4v) is 17.7. The molecule has 0 saturated carbocycles. The van der Waals surface area contributed by atoms with Crippen molar-refractivity contribution in [1.82, 2.24) is 0 Å². The first-order chi connectivity index (χ1) is 44.4. The molecule has 3 heterocycles. The molecule has 3 atom stereocenters. The van der Waals surface area contributed by atoms with Gasteiger partial charge in [0, 0.05) is 96.9 Å². The average molecular weight is 1210 g/mol. The van der Waals surface area contributed by atoms with Crippen LogP contribution in [0.15, 0.2) is 318 Å². The van der Waals surface area contributed by atoms with E-state index in [0.29, 0.717) is 5.92 Å². The Morgan fingerprint density at radius 2 is 1.04 bits per heavy atom. The van der Waals surface area contributed by atoms with E-state index in [1.165, 1.54) is 79.7 Å². The highest BCUT2D eigenvalue weighted by atomic mass is 35.5. The molecule has 90 heavy (non-hydrogen) atoms. The zero-order valence-corrected chi connectivity index (χ0v) is 51.4. The minimum Gasteiger partial charge on any atom is -0.455 e. The van der Waals surface area contributed by atoms with Gasteiger partial charge in [0.25, 0.3) is 0 Å². The van der Waals surface area contributed by atoms with Crippen molar-refractivity contribution in [2.75, 3.05) is 9.80 Å². The lowest BCUT2D eigenvalue weighted by molar-refractivity contribution is 0.635. The van der Waals surface area contributed by atoms with E-state index in [2.05, 4.69) is 314 Å². The lowest BCUT2D eigenvalue weighted by Crippen LogP contribution is -2.32. The molecule has 0 N–H and O–H groups in total. The molecule has 6 heteroatoms. The van der Waals surface area contributed by atoms with E-state index < -0.39 is 5.41 Å². The van der Waals surface area contributed by atoms with Gasteiger partial charge in [-0.2, -0.15) is 0 Å². The average Bonchev–Trinajstić information content (AvgIpc) is 1.46. The number of thiophene rings is 1. The van der Waals surface area contributed by atoms with Crippen LogP contribution in [-0.4, -0.2) is 0 Å². The summed E-state index contributed by atoms with van der Waals surface area (Å²) in [6.07, 6.45) is 9.00. The van der Waals surface area contributed by atoms with Gasteiger partial charge in [0.2, 0.25) is 0 Å². The zero-order chi connectivity index (χ0) is 59.6. The highest BCUT2D eigenvalue weighted by Crippen LogP contribution is 2.64. The van der Waals surface area contributed by atoms with Gasteiger partial charge < -0.3 is 14.2 Å². The fraction of sp³-hybridized carbons (Fsp3) is 0.0476. The van der Waals surface area contributed by atoms with E-state index in [9.17, 15) is 0 Å². The van der Waals surface area contributed by atoms with Gasteiger partial charge in [-0.15, -0.1) is 11.3 Å². The maximum Gasteiger partial charge on any atom is 0.143 e. The lowest BCUT2D eigenvalue weighted by atomic mass is 9.67. The summed E-state index contributed by atoms with van der Waals surface area (Å²) in [7, 11) is 0. The summed E-state index contributed by atoms with van der Waals surface area (Å²) in [6, 6.07) is 103. The van der Waals surface area contributed by atoms with Crippen molar-refractivity contribution in [1.29, 1.82) is 0 Å². The largest absolute Gasteiger partial charge is 0.455 e. The predicted molar refractivity (Wildman–Crippen MR) is 381 cm³/mol. The number of benzene rings is 13. The monoisotopic (exact) mass is 1210 g/mol. The van der Waals surface area contributed by atoms with Crippen LogP contribution in [0.2, 0.25) is 5.02 Å². The molecule has 0 bridgehead atoms. The first-order valence-electron chi connectivity index (χ1n) is 30.8. The molecule has 15 aromatic rings. The summed E-state index contributed by atoms with van der Waals surface area (Å²) in [4.78, 5) is 7.27. The standard InChI is InChI=1S/C84H55ClN2OS2/c1-52-19-8-11-26-64(52)55-37-39-59(40-38-55)87(62-47-69(57-36-35-53-20-9-10-23-56(53)45-57)83-70(48-62)65-27-13-16-33-76(65)88-83)61-42-44-73-79(50-61)90-78-49-60(41-43-72(78)84(73)71-30-15-12-28-66(71)82-74(84)31-18-32-75(82)85)86(58-24-6-3-7-25-58)63-46-68(54-21-4-2-5-22-54)81-67-29-14-17-34-77(67)89-80(81)51-63/h2-52,64H,1H3. The lowest BCUT2D eigenvalue weighted by Gasteiger charge is -2.41. The first-order valence-corrected chi connectivity index (χ1v) is 32.9. The second kappa shape index (κ2) is 21.0. The maximum absolute atomic E-state index is 7.48. The molecular weight excluding hydrogens is 1150 g/mol. The summed E-state index contributed by atoms with van der Waals surface area (Å²) in [5.74, 6) is 0.657. The molecule has 3 unspecified atom stereocenters. The van der Waals surface area contributed by atoms with Gasteiger partial charge >= 0.3 is 0 Å². The third-order valence-electron chi connectivity index (χ3n) is 19.0. The molecule has 3 nitrogen and oxygen atoms in total. The van der Waals surface area contributed by atoms with E-state index >= 15 is 0 Å². The normalized spacial score (nSPS) is 16.2. The van der Waals surface area contributed by atoms with Gasteiger partial charge in [0.05, 0.1) is 5.41 Å².